The lowest BCUT2D eigenvalue weighted by molar-refractivity contribution is -0.123. The summed E-state index contributed by atoms with van der Waals surface area (Å²) in [6.07, 6.45) is 3.39. The standard InChI is InChI=1S/C14H21N3O3.CH2O2/c1-10(13(15)18)17-6-4-11(5-7-17)9-16-14(19)12-3-2-8-20-12;2-1-3/h2-3,8,10-11H,4-7,9H2,1H3,(H2,15,18)(H,16,19);1H,(H,2,3). The van der Waals surface area contributed by atoms with Gasteiger partial charge in [0.25, 0.3) is 12.4 Å². The largest absolute Gasteiger partial charge is 0.483 e. The predicted octanol–water partition coefficient (Wildman–Crippen LogP) is 0.296. The number of hydrogen-bond acceptors (Lipinski definition) is 5. The van der Waals surface area contributed by atoms with E-state index < -0.39 is 0 Å². The van der Waals surface area contributed by atoms with Crippen molar-refractivity contribution in [3.63, 3.8) is 0 Å². The molecule has 1 aliphatic rings. The van der Waals surface area contributed by atoms with Gasteiger partial charge in [-0.15, -0.1) is 0 Å². The van der Waals surface area contributed by atoms with Gasteiger partial charge in [-0.1, -0.05) is 0 Å². The van der Waals surface area contributed by atoms with Crippen molar-refractivity contribution in [2.45, 2.75) is 25.8 Å². The molecule has 1 aromatic rings. The van der Waals surface area contributed by atoms with Crippen LogP contribution < -0.4 is 11.1 Å². The summed E-state index contributed by atoms with van der Waals surface area (Å²) in [4.78, 5) is 33.3. The van der Waals surface area contributed by atoms with Gasteiger partial charge in [-0.05, 0) is 50.9 Å². The first-order valence-electron chi connectivity index (χ1n) is 7.42. The number of piperidine rings is 1. The van der Waals surface area contributed by atoms with E-state index in [0.717, 1.165) is 25.9 Å². The summed E-state index contributed by atoms with van der Waals surface area (Å²) in [5.41, 5.74) is 5.31. The van der Waals surface area contributed by atoms with Crippen molar-refractivity contribution >= 4 is 18.3 Å². The lowest BCUT2D eigenvalue weighted by Gasteiger charge is -2.34. The van der Waals surface area contributed by atoms with Crippen molar-refractivity contribution in [3.8, 4) is 0 Å². The van der Waals surface area contributed by atoms with Crippen molar-refractivity contribution in [1.29, 1.82) is 0 Å². The summed E-state index contributed by atoms with van der Waals surface area (Å²) < 4.78 is 5.04. The molecule has 1 saturated heterocycles. The van der Waals surface area contributed by atoms with E-state index in [2.05, 4.69) is 10.2 Å². The number of rotatable bonds is 5. The molecule has 1 aromatic heterocycles. The number of furan rings is 1. The summed E-state index contributed by atoms with van der Waals surface area (Å²) in [5, 5.41) is 9.77. The summed E-state index contributed by atoms with van der Waals surface area (Å²) in [7, 11) is 0. The highest BCUT2D eigenvalue weighted by atomic mass is 16.3. The second kappa shape index (κ2) is 9.62. The average molecular weight is 325 g/mol. The van der Waals surface area contributed by atoms with E-state index in [1.165, 1.54) is 6.26 Å². The summed E-state index contributed by atoms with van der Waals surface area (Å²) in [6.45, 7) is 3.90. The van der Waals surface area contributed by atoms with Gasteiger partial charge in [0.05, 0.1) is 12.3 Å². The Morgan fingerprint density at radius 3 is 2.61 bits per heavy atom. The molecule has 0 aromatic carbocycles. The molecule has 0 saturated carbocycles. The molecule has 0 bridgehead atoms. The fraction of sp³-hybridized carbons (Fsp3) is 0.533. The zero-order chi connectivity index (χ0) is 17.2. The van der Waals surface area contributed by atoms with Crippen LogP contribution in [0.4, 0.5) is 0 Å². The number of carbonyl (C=O) groups excluding carboxylic acids is 2. The highest BCUT2D eigenvalue weighted by Gasteiger charge is 2.25. The molecule has 2 amide bonds. The molecule has 0 spiro atoms. The summed E-state index contributed by atoms with van der Waals surface area (Å²) in [5.74, 6) is 0.313. The molecule has 8 heteroatoms. The van der Waals surface area contributed by atoms with Crippen molar-refractivity contribution in [1.82, 2.24) is 10.2 Å². The number of nitrogens with one attached hydrogen (secondary N) is 1. The average Bonchev–Trinajstić information content (AvgIpc) is 3.07. The number of likely N-dealkylation sites (tertiary alicyclic amines) is 1. The minimum Gasteiger partial charge on any atom is -0.483 e. The van der Waals surface area contributed by atoms with E-state index >= 15 is 0 Å². The van der Waals surface area contributed by atoms with Crippen LogP contribution in [0.3, 0.4) is 0 Å². The van der Waals surface area contributed by atoms with Crippen LogP contribution in [0.2, 0.25) is 0 Å². The number of nitrogens with zero attached hydrogens (tertiary/aromatic N) is 1. The Balaban J connectivity index is 0.000000816. The van der Waals surface area contributed by atoms with Crippen LogP contribution >= 0.6 is 0 Å². The van der Waals surface area contributed by atoms with Crippen LogP contribution in [0.15, 0.2) is 22.8 Å². The molecular weight excluding hydrogens is 302 g/mol. The van der Waals surface area contributed by atoms with Crippen LogP contribution in [0.5, 0.6) is 0 Å². The van der Waals surface area contributed by atoms with E-state index in [1.54, 1.807) is 12.1 Å². The maximum absolute atomic E-state index is 11.7. The third-order valence-electron chi connectivity index (χ3n) is 3.90. The highest BCUT2D eigenvalue weighted by molar-refractivity contribution is 5.91. The Morgan fingerprint density at radius 2 is 2.13 bits per heavy atom. The molecule has 0 aliphatic carbocycles. The molecule has 2 rings (SSSR count). The monoisotopic (exact) mass is 325 g/mol. The van der Waals surface area contributed by atoms with Gasteiger partial charge in [-0.3, -0.25) is 19.3 Å². The second-order valence-electron chi connectivity index (χ2n) is 5.35. The van der Waals surface area contributed by atoms with Crippen molar-refractivity contribution in [3.05, 3.63) is 24.2 Å². The lowest BCUT2D eigenvalue weighted by atomic mass is 9.95. The number of hydrogen-bond donors (Lipinski definition) is 3. The Kier molecular flexibility index (Phi) is 7.82. The van der Waals surface area contributed by atoms with E-state index in [-0.39, 0.29) is 24.3 Å². The van der Waals surface area contributed by atoms with E-state index in [1.807, 2.05) is 6.92 Å². The first-order chi connectivity index (χ1) is 11.0. The van der Waals surface area contributed by atoms with Gasteiger partial charge >= 0.3 is 0 Å². The van der Waals surface area contributed by atoms with Gasteiger partial charge in [-0.2, -0.15) is 0 Å². The smallest absolute Gasteiger partial charge is 0.290 e. The van der Waals surface area contributed by atoms with Gasteiger partial charge < -0.3 is 20.6 Å². The van der Waals surface area contributed by atoms with Crippen LogP contribution in [0.25, 0.3) is 0 Å². The molecule has 1 unspecified atom stereocenters. The quantitative estimate of drug-likeness (QED) is 0.668. The third kappa shape index (κ3) is 6.11. The van der Waals surface area contributed by atoms with Crippen LogP contribution in [0.1, 0.15) is 30.3 Å². The number of nitrogens with two attached hydrogens (primary N) is 1. The molecule has 8 nitrogen and oxygen atoms in total. The minimum absolute atomic E-state index is 0.178. The number of carboxylic acid groups (broad SMARTS) is 1. The maximum atomic E-state index is 11.7. The first-order valence-corrected chi connectivity index (χ1v) is 7.42. The molecule has 2 heterocycles. The van der Waals surface area contributed by atoms with Crippen molar-refractivity contribution in [2.75, 3.05) is 19.6 Å². The minimum atomic E-state index is -0.283. The lowest BCUT2D eigenvalue weighted by Crippen LogP contribution is -2.47. The zero-order valence-corrected chi connectivity index (χ0v) is 13.1. The Bertz CT molecular complexity index is 495. The number of amides is 2. The molecule has 1 aliphatic heterocycles. The normalized spacial score (nSPS) is 16.7. The fourth-order valence-corrected chi connectivity index (χ4v) is 2.46. The third-order valence-corrected chi connectivity index (χ3v) is 3.90. The molecule has 23 heavy (non-hydrogen) atoms. The molecule has 1 atom stereocenters. The van der Waals surface area contributed by atoms with Crippen molar-refractivity contribution in [2.24, 2.45) is 11.7 Å². The second-order valence-corrected chi connectivity index (χ2v) is 5.35. The zero-order valence-electron chi connectivity index (χ0n) is 13.1. The Hall–Kier alpha value is -2.35. The van der Waals surface area contributed by atoms with Crippen LogP contribution in [-0.4, -0.2) is 54.0 Å². The van der Waals surface area contributed by atoms with Crippen LogP contribution in [-0.2, 0) is 9.59 Å². The van der Waals surface area contributed by atoms with Gasteiger partial charge in [0.15, 0.2) is 5.76 Å². The molecule has 128 valence electrons. The van der Waals surface area contributed by atoms with Gasteiger partial charge in [-0.25, -0.2) is 0 Å². The summed E-state index contributed by atoms with van der Waals surface area (Å²) >= 11 is 0. The van der Waals surface area contributed by atoms with E-state index in [0.29, 0.717) is 18.2 Å². The first kappa shape index (κ1) is 18.7. The van der Waals surface area contributed by atoms with Gasteiger partial charge in [0.2, 0.25) is 5.91 Å². The molecule has 0 radical (unpaired) electrons. The van der Waals surface area contributed by atoms with Gasteiger partial charge in [0.1, 0.15) is 0 Å². The Morgan fingerprint density at radius 1 is 1.52 bits per heavy atom. The maximum Gasteiger partial charge on any atom is 0.290 e. The molecule has 1 fully saturated rings. The van der Waals surface area contributed by atoms with Crippen molar-refractivity contribution < 1.29 is 23.9 Å². The Labute approximate surface area is 134 Å². The van der Waals surface area contributed by atoms with E-state index in [4.69, 9.17) is 20.1 Å². The number of primary amides is 1. The molecule has 4 N–H and O–H groups in total. The predicted molar refractivity (Wildman–Crippen MR) is 82.7 cm³/mol. The van der Waals surface area contributed by atoms with Gasteiger partial charge in [0, 0.05) is 6.54 Å². The highest BCUT2D eigenvalue weighted by Crippen LogP contribution is 2.18. The number of carbonyl (C=O) groups is 3. The topological polar surface area (TPSA) is 126 Å². The van der Waals surface area contributed by atoms with E-state index in [9.17, 15) is 9.59 Å². The summed E-state index contributed by atoms with van der Waals surface area (Å²) in [6, 6.07) is 3.12. The molecular formula is C15H23N3O5. The fourth-order valence-electron chi connectivity index (χ4n) is 2.46. The van der Waals surface area contributed by atoms with Crippen LogP contribution in [0, 0.1) is 5.92 Å². The SMILES string of the molecule is CC(C(N)=O)N1CCC(CNC(=O)c2ccco2)CC1.O=CO.